The third-order valence-corrected chi connectivity index (χ3v) is 5.02. The van der Waals surface area contributed by atoms with E-state index in [-0.39, 0.29) is 24.1 Å². The van der Waals surface area contributed by atoms with Gasteiger partial charge in [-0.1, -0.05) is 30.3 Å². The summed E-state index contributed by atoms with van der Waals surface area (Å²) in [5.74, 6) is 1.18. The van der Waals surface area contributed by atoms with Crippen LogP contribution in [0.3, 0.4) is 0 Å². The zero-order chi connectivity index (χ0) is 17.5. The number of pyridine rings is 1. The molecule has 0 aliphatic heterocycles. The van der Waals surface area contributed by atoms with E-state index in [0.29, 0.717) is 11.6 Å². The van der Waals surface area contributed by atoms with Crippen LogP contribution in [0.15, 0.2) is 48.7 Å². The van der Waals surface area contributed by atoms with E-state index in [1.54, 1.807) is 11.9 Å². The Morgan fingerprint density at radius 2 is 2.00 bits per heavy atom. The Labute approximate surface area is 142 Å². The number of aliphatic hydroxyl groups excluding tert-OH is 1. The molecule has 1 aromatic heterocycles. The maximum absolute atomic E-state index is 12.3. The topological polar surface area (TPSA) is 96.6 Å². The highest BCUT2D eigenvalue weighted by Crippen LogP contribution is 2.17. The fraction of sp³-hybridized carbons (Fsp3) is 0.312. The Balaban J connectivity index is 2.01. The minimum atomic E-state index is -1.14. The van der Waals surface area contributed by atoms with Gasteiger partial charge in [0.1, 0.15) is 12.0 Å². The largest absolute Gasteiger partial charge is 0.394 e. The fourth-order valence-electron chi connectivity index (χ4n) is 2.20. The lowest BCUT2D eigenvalue weighted by atomic mass is 10.2. The number of nitro groups is 1. The Morgan fingerprint density at radius 1 is 1.29 bits per heavy atom. The van der Waals surface area contributed by atoms with Crippen molar-refractivity contribution in [2.24, 2.45) is 0 Å². The van der Waals surface area contributed by atoms with E-state index in [9.17, 15) is 19.4 Å². The second-order valence-corrected chi connectivity index (χ2v) is 6.82. The maximum atomic E-state index is 12.3. The first-order chi connectivity index (χ1) is 11.5. The zero-order valence-corrected chi connectivity index (χ0v) is 14.1. The quantitative estimate of drug-likeness (QED) is 0.576. The third kappa shape index (κ3) is 4.84. The van der Waals surface area contributed by atoms with Crippen LogP contribution in [0.4, 0.5) is 11.5 Å². The minimum absolute atomic E-state index is 0.0969. The van der Waals surface area contributed by atoms with Crippen LogP contribution in [0.25, 0.3) is 0 Å². The molecule has 2 atom stereocenters. The average molecular weight is 349 g/mol. The van der Waals surface area contributed by atoms with Crippen LogP contribution < -0.4 is 4.90 Å². The number of aliphatic hydroxyl groups is 1. The predicted molar refractivity (Wildman–Crippen MR) is 93.3 cm³/mol. The molecule has 1 heterocycles. The Kier molecular flexibility index (Phi) is 6.39. The van der Waals surface area contributed by atoms with Crippen LogP contribution in [-0.4, -0.2) is 44.7 Å². The lowest BCUT2D eigenvalue weighted by Gasteiger charge is -2.27. The number of likely N-dealkylation sites (N-methyl/N-ethyl adjacent to an activating group) is 1. The average Bonchev–Trinajstić information content (AvgIpc) is 2.60. The lowest BCUT2D eigenvalue weighted by molar-refractivity contribution is -0.385. The second-order valence-electron chi connectivity index (χ2n) is 5.32. The first-order valence-electron chi connectivity index (χ1n) is 7.34. The molecule has 0 saturated heterocycles. The van der Waals surface area contributed by atoms with Gasteiger partial charge in [-0.25, -0.2) is 4.98 Å². The van der Waals surface area contributed by atoms with E-state index >= 15 is 0 Å². The highest BCUT2D eigenvalue weighted by molar-refractivity contribution is 7.84. The number of benzene rings is 1. The highest BCUT2D eigenvalue weighted by atomic mass is 32.2. The summed E-state index contributed by atoms with van der Waals surface area (Å²) in [6, 6.07) is 12.0. The molecule has 2 unspecified atom stereocenters. The number of rotatable bonds is 8. The monoisotopic (exact) mass is 349 g/mol. The molecule has 0 radical (unpaired) electrons. The fourth-order valence-corrected chi connectivity index (χ4v) is 3.64. The van der Waals surface area contributed by atoms with Crippen molar-refractivity contribution in [1.29, 1.82) is 0 Å². The molecule has 0 aliphatic rings. The van der Waals surface area contributed by atoms with E-state index in [4.69, 9.17) is 0 Å². The Bertz CT molecular complexity index is 694. The summed E-state index contributed by atoms with van der Waals surface area (Å²) >= 11 is 0. The molecule has 0 aliphatic carbocycles. The molecule has 7 nitrogen and oxygen atoms in total. The number of hydrogen-bond donors (Lipinski definition) is 1. The molecule has 1 N–H and O–H groups in total. The maximum Gasteiger partial charge on any atom is 0.287 e. The van der Waals surface area contributed by atoms with Crippen molar-refractivity contribution in [2.75, 3.05) is 24.3 Å². The molecule has 0 bridgehead atoms. The molecule has 0 saturated carbocycles. The Hall–Kier alpha value is -2.32. The molecule has 128 valence electrons. The van der Waals surface area contributed by atoms with Crippen molar-refractivity contribution >= 4 is 22.3 Å². The van der Waals surface area contributed by atoms with Crippen LogP contribution in [0.5, 0.6) is 0 Å². The summed E-state index contributed by atoms with van der Waals surface area (Å²) in [5, 5.41) is 20.3. The van der Waals surface area contributed by atoms with Crippen molar-refractivity contribution in [3.05, 3.63) is 64.3 Å². The van der Waals surface area contributed by atoms with E-state index in [1.807, 2.05) is 30.3 Å². The van der Waals surface area contributed by atoms with Gasteiger partial charge in [0.2, 0.25) is 0 Å². The van der Waals surface area contributed by atoms with Crippen LogP contribution in [-0.2, 0) is 16.6 Å². The van der Waals surface area contributed by atoms with Gasteiger partial charge < -0.3 is 10.0 Å². The second kappa shape index (κ2) is 8.51. The van der Waals surface area contributed by atoms with Gasteiger partial charge in [-0.15, -0.1) is 0 Å². The van der Waals surface area contributed by atoms with Gasteiger partial charge in [-0.3, -0.25) is 14.3 Å². The molecule has 2 aromatic rings. The summed E-state index contributed by atoms with van der Waals surface area (Å²) in [5.41, 5.74) is 0.879. The SMILES string of the molecule is CN(c1ccc([N+](=O)[O-])cn1)C(CO)CS(=O)Cc1ccccc1. The number of nitrogens with zero attached hydrogens (tertiary/aromatic N) is 3. The predicted octanol–water partition coefficient (Wildman–Crippen LogP) is 1.74. The zero-order valence-electron chi connectivity index (χ0n) is 13.2. The van der Waals surface area contributed by atoms with Crippen LogP contribution >= 0.6 is 0 Å². The standard InChI is InChI=1S/C16H19N3O4S/c1-18(16-8-7-14(9-17-16)19(21)22)15(10-20)12-24(23)11-13-5-3-2-4-6-13/h2-9,15,20H,10-12H2,1H3. The van der Waals surface area contributed by atoms with Gasteiger partial charge >= 0.3 is 0 Å². The van der Waals surface area contributed by atoms with Gasteiger partial charge in [0.25, 0.3) is 5.69 Å². The molecular weight excluding hydrogens is 330 g/mol. The highest BCUT2D eigenvalue weighted by Gasteiger charge is 2.19. The van der Waals surface area contributed by atoms with Gasteiger partial charge in [-0.2, -0.15) is 0 Å². The number of anilines is 1. The third-order valence-electron chi connectivity index (χ3n) is 3.61. The van der Waals surface area contributed by atoms with E-state index in [0.717, 1.165) is 5.56 Å². The molecule has 0 fully saturated rings. The van der Waals surface area contributed by atoms with Crippen molar-refractivity contribution in [2.45, 2.75) is 11.8 Å². The van der Waals surface area contributed by atoms with Crippen LogP contribution in [0, 0.1) is 10.1 Å². The molecule has 0 spiro atoms. The van der Waals surface area contributed by atoms with Crippen molar-refractivity contribution in [3.8, 4) is 0 Å². The van der Waals surface area contributed by atoms with Crippen molar-refractivity contribution in [1.82, 2.24) is 4.98 Å². The number of hydrogen-bond acceptors (Lipinski definition) is 6. The van der Waals surface area contributed by atoms with Gasteiger partial charge in [0.15, 0.2) is 0 Å². The minimum Gasteiger partial charge on any atom is -0.394 e. The van der Waals surface area contributed by atoms with E-state index < -0.39 is 15.7 Å². The summed E-state index contributed by atoms with van der Waals surface area (Å²) in [7, 11) is 0.572. The molecule has 24 heavy (non-hydrogen) atoms. The van der Waals surface area contributed by atoms with Gasteiger partial charge in [-0.05, 0) is 11.6 Å². The molecular formula is C16H19N3O4S. The molecule has 1 aromatic carbocycles. The van der Waals surface area contributed by atoms with E-state index in [1.165, 1.54) is 18.3 Å². The molecule has 0 amide bonds. The van der Waals surface area contributed by atoms with Crippen molar-refractivity contribution < 1.29 is 14.2 Å². The molecule has 2 rings (SSSR count). The summed E-state index contributed by atoms with van der Waals surface area (Å²) in [6.07, 6.45) is 1.17. The normalized spacial score (nSPS) is 13.2. The van der Waals surface area contributed by atoms with Crippen molar-refractivity contribution in [3.63, 3.8) is 0 Å². The smallest absolute Gasteiger partial charge is 0.287 e. The summed E-state index contributed by atoms with van der Waals surface area (Å²) < 4.78 is 12.3. The first kappa shape index (κ1) is 18.0. The van der Waals surface area contributed by atoms with Crippen LogP contribution in [0.1, 0.15) is 5.56 Å². The summed E-state index contributed by atoms with van der Waals surface area (Å²) in [6.45, 7) is -0.185. The Morgan fingerprint density at radius 3 is 2.54 bits per heavy atom. The van der Waals surface area contributed by atoms with Gasteiger partial charge in [0, 0.05) is 35.4 Å². The summed E-state index contributed by atoms with van der Waals surface area (Å²) in [4.78, 5) is 15.9. The molecule has 8 heteroatoms. The lowest BCUT2D eigenvalue weighted by Crippen LogP contribution is -2.39. The van der Waals surface area contributed by atoms with Crippen LogP contribution in [0.2, 0.25) is 0 Å². The van der Waals surface area contributed by atoms with Gasteiger partial charge in [0.05, 0.1) is 17.6 Å². The number of aromatic nitrogens is 1. The van der Waals surface area contributed by atoms with E-state index in [2.05, 4.69) is 4.98 Å². The first-order valence-corrected chi connectivity index (χ1v) is 8.83.